The lowest BCUT2D eigenvalue weighted by atomic mass is 9.89. The number of carboxylic acid groups (broad SMARTS) is 1. The zero-order valence-electron chi connectivity index (χ0n) is 24.3. The second kappa shape index (κ2) is 14.1. The van der Waals surface area contributed by atoms with Gasteiger partial charge in [0.15, 0.2) is 0 Å². The summed E-state index contributed by atoms with van der Waals surface area (Å²) in [6, 6.07) is 2.99. The topological polar surface area (TPSA) is 162 Å². The Morgan fingerprint density at radius 1 is 1.07 bits per heavy atom. The minimum Gasteiger partial charge on any atom is -0.481 e. The van der Waals surface area contributed by atoms with Crippen molar-refractivity contribution in [1.82, 2.24) is 9.62 Å². The summed E-state index contributed by atoms with van der Waals surface area (Å²) >= 11 is 0. The van der Waals surface area contributed by atoms with Crippen molar-refractivity contribution in [3.8, 4) is 0 Å². The average molecular weight is 590 g/mol. The third-order valence-corrected chi connectivity index (χ3v) is 9.51. The summed E-state index contributed by atoms with van der Waals surface area (Å²) in [7, 11) is -2.13. The molecule has 3 amide bonds. The molecule has 2 aliphatic heterocycles. The standard InChI is InChI=1S/C29H43N5O6S/c1-21-19-23(33(3)28(30)38)20-22(2)24(21)13-18-41(39,40)34-16-14-29(15-17-34)27(37)31-25(32-29)11-9-7-5-4-6-8-10-12-26(35)36/h13,18-20H,4-12,14-17H2,1-3H3,(H2,30,38)(H,35,36)(H,31,32,37). The van der Waals surface area contributed by atoms with Crippen molar-refractivity contribution in [2.24, 2.45) is 10.7 Å². The molecule has 11 nitrogen and oxygen atoms in total. The highest BCUT2D eigenvalue weighted by molar-refractivity contribution is 7.92. The average Bonchev–Trinajstić information content (AvgIpc) is 3.20. The van der Waals surface area contributed by atoms with E-state index in [-0.39, 0.29) is 25.4 Å². The molecule has 4 N–H and O–H groups in total. The molecule has 0 aliphatic carbocycles. The molecular weight excluding hydrogens is 546 g/mol. The van der Waals surface area contributed by atoms with Gasteiger partial charge in [-0.15, -0.1) is 0 Å². The van der Waals surface area contributed by atoms with Gasteiger partial charge in [-0.05, 0) is 74.4 Å². The normalized spacial score (nSPS) is 17.1. The van der Waals surface area contributed by atoms with Crippen molar-refractivity contribution in [1.29, 1.82) is 0 Å². The first-order valence-electron chi connectivity index (χ1n) is 14.3. The number of nitrogens with two attached hydrogens (primary N) is 1. The van der Waals surface area contributed by atoms with Gasteiger partial charge in [0.05, 0.1) is 0 Å². The zero-order chi connectivity index (χ0) is 30.2. The van der Waals surface area contributed by atoms with Crippen LogP contribution in [-0.2, 0) is 19.6 Å². The molecule has 1 fully saturated rings. The van der Waals surface area contributed by atoms with E-state index < -0.39 is 27.6 Å². The lowest BCUT2D eigenvalue weighted by molar-refractivity contribution is -0.137. The number of primary amides is 1. The number of unbranched alkanes of at least 4 members (excludes halogenated alkanes) is 6. The highest BCUT2D eigenvalue weighted by atomic mass is 32.2. The van der Waals surface area contributed by atoms with E-state index >= 15 is 0 Å². The number of urea groups is 1. The first kappa shape index (κ1) is 32.3. The second-order valence-electron chi connectivity index (χ2n) is 11.1. The van der Waals surface area contributed by atoms with E-state index in [1.807, 2.05) is 13.8 Å². The first-order chi connectivity index (χ1) is 19.3. The van der Waals surface area contributed by atoms with E-state index in [9.17, 15) is 22.8 Å². The summed E-state index contributed by atoms with van der Waals surface area (Å²) in [4.78, 5) is 40.9. The Bertz CT molecular complexity index is 1280. The van der Waals surface area contributed by atoms with Crippen molar-refractivity contribution in [3.05, 3.63) is 34.2 Å². The number of aliphatic imine (C=N–C) groups is 1. The summed E-state index contributed by atoms with van der Waals surface area (Å²) in [5.41, 5.74) is 7.49. The van der Waals surface area contributed by atoms with Crippen molar-refractivity contribution >= 4 is 45.5 Å². The van der Waals surface area contributed by atoms with Crippen LogP contribution >= 0.6 is 0 Å². The molecule has 0 unspecified atom stereocenters. The Hall–Kier alpha value is -3.25. The molecular formula is C29H43N5O6S. The maximum atomic E-state index is 13.1. The molecule has 0 radical (unpaired) electrons. The number of carboxylic acids is 1. The van der Waals surface area contributed by atoms with E-state index in [1.54, 1.807) is 25.3 Å². The highest BCUT2D eigenvalue weighted by Gasteiger charge is 2.46. The van der Waals surface area contributed by atoms with Crippen molar-refractivity contribution in [2.75, 3.05) is 25.0 Å². The molecule has 3 rings (SSSR count). The van der Waals surface area contributed by atoms with Gasteiger partial charge in [0, 0.05) is 44.1 Å². The number of aryl methyl sites for hydroxylation is 2. The number of sulfonamides is 1. The van der Waals surface area contributed by atoms with Gasteiger partial charge in [0.2, 0.25) is 10.0 Å². The molecule has 0 aromatic heterocycles. The van der Waals surface area contributed by atoms with Gasteiger partial charge in [0.25, 0.3) is 5.91 Å². The van der Waals surface area contributed by atoms with Crippen molar-refractivity contribution < 1.29 is 27.9 Å². The number of aliphatic carboxylic acids is 1. The Kier molecular flexibility index (Phi) is 11.1. The molecule has 1 saturated heterocycles. The Morgan fingerprint density at radius 3 is 2.20 bits per heavy atom. The third kappa shape index (κ3) is 8.62. The van der Waals surface area contributed by atoms with Crippen LogP contribution in [0.4, 0.5) is 10.5 Å². The smallest absolute Gasteiger partial charge is 0.318 e. The fourth-order valence-corrected chi connectivity index (χ4v) is 6.55. The van der Waals surface area contributed by atoms with Gasteiger partial charge in [-0.1, -0.05) is 32.1 Å². The van der Waals surface area contributed by atoms with Crippen LogP contribution in [0.1, 0.15) is 87.3 Å². The van der Waals surface area contributed by atoms with Gasteiger partial charge < -0.3 is 16.2 Å². The number of hydrogen-bond acceptors (Lipinski definition) is 6. The summed E-state index contributed by atoms with van der Waals surface area (Å²) in [6.07, 6.45) is 9.90. The summed E-state index contributed by atoms with van der Waals surface area (Å²) < 4.78 is 27.6. The van der Waals surface area contributed by atoms with Crippen LogP contribution in [0, 0.1) is 13.8 Å². The number of hydrogen-bond donors (Lipinski definition) is 3. The number of amides is 3. The largest absolute Gasteiger partial charge is 0.481 e. The molecule has 1 spiro atoms. The maximum Gasteiger partial charge on any atom is 0.318 e. The van der Waals surface area contributed by atoms with Gasteiger partial charge in [-0.3, -0.25) is 19.5 Å². The minimum absolute atomic E-state index is 0.147. The van der Waals surface area contributed by atoms with Crippen LogP contribution in [0.2, 0.25) is 0 Å². The molecule has 0 atom stereocenters. The Morgan fingerprint density at radius 2 is 1.63 bits per heavy atom. The number of nitrogens with one attached hydrogen (secondary N) is 1. The number of rotatable bonds is 14. The SMILES string of the molecule is Cc1cc(N(C)C(N)=O)cc(C)c1C=CS(=O)(=O)N1CCC2(CC1)N=C(CCCCCCCCCC(=O)O)NC2=O. The number of anilines is 1. The maximum absolute atomic E-state index is 13.1. The molecule has 2 heterocycles. The van der Waals surface area contributed by atoms with E-state index in [2.05, 4.69) is 5.32 Å². The Balaban J connectivity index is 1.50. The number of amidine groups is 1. The van der Waals surface area contributed by atoms with Crippen LogP contribution in [-0.4, -0.2) is 67.2 Å². The van der Waals surface area contributed by atoms with Gasteiger partial charge in [0.1, 0.15) is 11.4 Å². The zero-order valence-corrected chi connectivity index (χ0v) is 25.1. The third-order valence-electron chi connectivity index (χ3n) is 7.95. The monoisotopic (exact) mass is 589 g/mol. The number of benzene rings is 1. The number of carbonyl (C=O) groups excluding carboxylic acids is 2. The van der Waals surface area contributed by atoms with E-state index in [1.165, 1.54) is 14.6 Å². The van der Waals surface area contributed by atoms with Gasteiger partial charge in [-0.2, -0.15) is 4.31 Å². The van der Waals surface area contributed by atoms with Crippen molar-refractivity contribution in [3.63, 3.8) is 0 Å². The second-order valence-corrected chi connectivity index (χ2v) is 12.9. The van der Waals surface area contributed by atoms with Gasteiger partial charge in [-0.25, -0.2) is 13.2 Å². The molecule has 2 aliphatic rings. The molecule has 226 valence electrons. The molecule has 0 bridgehead atoms. The molecule has 12 heteroatoms. The number of carbonyl (C=O) groups is 3. The van der Waals surface area contributed by atoms with E-state index in [0.717, 1.165) is 61.6 Å². The van der Waals surface area contributed by atoms with Gasteiger partial charge >= 0.3 is 12.0 Å². The van der Waals surface area contributed by atoms with Crippen LogP contribution in [0.3, 0.4) is 0 Å². The van der Waals surface area contributed by atoms with Crippen molar-refractivity contribution in [2.45, 2.75) is 90.0 Å². The minimum atomic E-state index is -3.71. The summed E-state index contributed by atoms with van der Waals surface area (Å²) in [6.45, 7) is 4.11. The molecule has 1 aromatic rings. The fraction of sp³-hybridized carbons (Fsp3) is 0.586. The number of piperidine rings is 1. The van der Waals surface area contributed by atoms with E-state index in [4.69, 9.17) is 15.8 Å². The quantitative estimate of drug-likeness (QED) is 0.277. The molecule has 1 aromatic carbocycles. The predicted octanol–water partition coefficient (Wildman–Crippen LogP) is 4.08. The predicted molar refractivity (Wildman–Crippen MR) is 160 cm³/mol. The van der Waals surface area contributed by atoms with Crippen LogP contribution in [0.5, 0.6) is 0 Å². The lowest BCUT2D eigenvalue weighted by Crippen LogP contribution is -2.50. The summed E-state index contributed by atoms with van der Waals surface area (Å²) in [5, 5.41) is 12.8. The molecule has 41 heavy (non-hydrogen) atoms. The van der Waals surface area contributed by atoms with Crippen LogP contribution in [0.15, 0.2) is 22.5 Å². The Labute approximate surface area is 242 Å². The highest BCUT2D eigenvalue weighted by Crippen LogP contribution is 2.32. The molecule has 0 saturated carbocycles. The van der Waals surface area contributed by atoms with E-state index in [0.29, 0.717) is 30.8 Å². The number of nitrogens with zero attached hydrogens (tertiary/aromatic N) is 3. The fourth-order valence-electron chi connectivity index (χ4n) is 5.38. The van der Waals surface area contributed by atoms with Crippen LogP contribution in [0.25, 0.3) is 6.08 Å². The van der Waals surface area contributed by atoms with Crippen LogP contribution < -0.4 is 16.0 Å². The lowest BCUT2D eigenvalue weighted by Gasteiger charge is -2.34. The first-order valence-corrected chi connectivity index (χ1v) is 15.8. The summed E-state index contributed by atoms with van der Waals surface area (Å²) in [5.74, 6) is -0.207.